The number of anilines is 1. The Balaban J connectivity index is 2.48. The fourth-order valence-corrected chi connectivity index (χ4v) is 1.72. The normalized spacial score (nSPS) is 11.9. The van der Waals surface area contributed by atoms with Crippen LogP contribution in [0.4, 0.5) is 19.0 Å². The second kappa shape index (κ2) is 7.80. The first-order chi connectivity index (χ1) is 9.30. The molecule has 0 aliphatic carbocycles. The molecule has 0 saturated carbocycles. The van der Waals surface area contributed by atoms with Crippen LogP contribution in [0.2, 0.25) is 0 Å². The maximum Gasteiger partial charge on any atom is 0.419 e. The van der Waals surface area contributed by atoms with Crippen LogP contribution in [0, 0.1) is 0 Å². The largest absolute Gasteiger partial charge is 0.419 e. The number of hydrogen-bond acceptors (Lipinski definition) is 4. The van der Waals surface area contributed by atoms with Gasteiger partial charge in [-0.1, -0.05) is 0 Å². The van der Waals surface area contributed by atoms with Crippen molar-refractivity contribution < 1.29 is 17.9 Å². The number of halogens is 4. The number of rotatable bonds is 7. The minimum atomic E-state index is -4.44. The lowest BCUT2D eigenvalue weighted by molar-refractivity contribution is -0.137. The van der Waals surface area contributed by atoms with Gasteiger partial charge in [0, 0.05) is 23.8 Å². The monoisotopic (exact) mass is 355 g/mol. The van der Waals surface area contributed by atoms with Gasteiger partial charge in [0.25, 0.3) is 0 Å². The summed E-state index contributed by atoms with van der Waals surface area (Å²) in [5.74, 6) is -0.183. The Hall–Kier alpha value is -0.860. The van der Waals surface area contributed by atoms with E-state index < -0.39 is 11.7 Å². The Morgan fingerprint density at radius 1 is 1.35 bits per heavy atom. The Morgan fingerprint density at radius 2 is 2.05 bits per heavy atom. The first-order valence-corrected chi connectivity index (χ1v) is 6.79. The SMILES string of the molecule is CN(C)CCOCCNc1ncc(Br)cc1C(F)(F)F. The molecular weight excluding hydrogens is 339 g/mol. The molecule has 0 spiro atoms. The number of ether oxygens (including phenoxy) is 1. The molecule has 20 heavy (non-hydrogen) atoms. The van der Waals surface area contributed by atoms with Crippen LogP contribution in [0.15, 0.2) is 16.7 Å². The summed E-state index contributed by atoms with van der Waals surface area (Å²) in [4.78, 5) is 5.71. The second-order valence-electron chi connectivity index (χ2n) is 4.39. The van der Waals surface area contributed by atoms with Gasteiger partial charge in [0.05, 0.1) is 18.8 Å². The lowest BCUT2D eigenvalue weighted by Gasteiger charge is -2.14. The van der Waals surface area contributed by atoms with E-state index in [9.17, 15) is 13.2 Å². The highest BCUT2D eigenvalue weighted by molar-refractivity contribution is 9.10. The highest BCUT2D eigenvalue weighted by Gasteiger charge is 2.34. The first-order valence-electron chi connectivity index (χ1n) is 6.00. The average Bonchev–Trinajstić information content (AvgIpc) is 2.33. The van der Waals surface area contributed by atoms with Crippen molar-refractivity contribution in [3.63, 3.8) is 0 Å². The minimum Gasteiger partial charge on any atom is -0.378 e. The molecule has 114 valence electrons. The van der Waals surface area contributed by atoms with Gasteiger partial charge in [-0.2, -0.15) is 13.2 Å². The molecule has 0 saturated heterocycles. The van der Waals surface area contributed by atoms with Crippen molar-refractivity contribution in [3.05, 3.63) is 22.3 Å². The van der Waals surface area contributed by atoms with E-state index in [1.807, 2.05) is 19.0 Å². The van der Waals surface area contributed by atoms with Crippen molar-refractivity contribution >= 4 is 21.7 Å². The Labute approximate surface area is 124 Å². The molecule has 1 N–H and O–H groups in total. The van der Waals surface area contributed by atoms with Gasteiger partial charge in [-0.05, 0) is 36.1 Å². The summed E-state index contributed by atoms with van der Waals surface area (Å²) in [6.45, 7) is 1.90. The van der Waals surface area contributed by atoms with E-state index in [4.69, 9.17) is 4.74 Å². The van der Waals surface area contributed by atoms with Gasteiger partial charge in [-0.3, -0.25) is 0 Å². The van der Waals surface area contributed by atoms with E-state index in [0.29, 0.717) is 13.2 Å². The number of alkyl halides is 3. The topological polar surface area (TPSA) is 37.4 Å². The van der Waals surface area contributed by atoms with Crippen molar-refractivity contribution in [2.45, 2.75) is 6.18 Å². The van der Waals surface area contributed by atoms with Crippen molar-refractivity contribution in [3.8, 4) is 0 Å². The van der Waals surface area contributed by atoms with Gasteiger partial charge in [0.1, 0.15) is 5.82 Å². The first kappa shape index (κ1) is 17.2. The van der Waals surface area contributed by atoms with Crippen LogP contribution in [0.3, 0.4) is 0 Å². The maximum absolute atomic E-state index is 12.8. The van der Waals surface area contributed by atoms with E-state index in [1.165, 1.54) is 6.20 Å². The van der Waals surface area contributed by atoms with Gasteiger partial charge < -0.3 is 15.0 Å². The summed E-state index contributed by atoms with van der Waals surface area (Å²) in [7, 11) is 3.84. The van der Waals surface area contributed by atoms with Crippen LogP contribution in [-0.4, -0.2) is 50.3 Å². The molecule has 0 bridgehead atoms. The van der Waals surface area contributed by atoms with Crippen molar-refractivity contribution in [2.24, 2.45) is 0 Å². The lowest BCUT2D eigenvalue weighted by atomic mass is 10.2. The fraction of sp³-hybridized carbons (Fsp3) is 0.583. The van der Waals surface area contributed by atoms with Crippen LogP contribution < -0.4 is 5.32 Å². The van der Waals surface area contributed by atoms with Crippen molar-refractivity contribution in [2.75, 3.05) is 45.7 Å². The van der Waals surface area contributed by atoms with Gasteiger partial charge in [0.15, 0.2) is 0 Å². The van der Waals surface area contributed by atoms with E-state index in [2.05, 4.69) is 26.2 Å². The third-order valence-electron chi connectivity index (χ3n) is 2.38. The van der Waals surface area contributed by atoms with E-state index in [1.54, 1.807) is 0 Å². The van der Waals surface area contributed by atoms with Crippen LogP contribution in [-0.2, 0) is 10.9 Å². The smallest absolute Gasteiger partial charge is 0.378 e. The molecule has 0 radical (unpaired) electrons. The van der Waals surface area contributed by atoms with Gasteiger partial charge in [-0.15, -0.1) is 0 Å². The Morgan fingerprint density at radius 3 is 2.65 bits per heavy atom. The summed E-state index contributed by atoms with van der Waals surface area (Å²) in [6, 6.07) is 1.00. The molecule has 0 aliphatic rings. The van der Waals surface area contributed by atoms with Crippen LogP contribution in [0.5, 0.6) is 0 Å². The molecule has 0 atom stereocenters. The number of aromatic nitrogens is 1. The molecular formula is C12H17BrF3N3O. The third-order valence-corrected chi connectivity index (χ3v) is 2.82. The maximum atomic E-state index is 12.8. The molecule has 1 rings (SSSR count). The highest BCUT2D eigenvalue weighted by atomic mass is 79.9. The van der Waals surface area contributed by atoms with Gasteiger partial charge in [0.2, 0.25) is 0 Å². The molecule has 0 unspecified atom stereocenters. The fourth-order valence-electron chi connectivity index (χ4n) is 1.39. The lowest BCUT2D eigenvalue weighted by Crippen LogP contribution is -2.20. The molecule has 1 heterocycles. The summed E-state index contributed by atoms with van der Waals surface area (Å²) >= 11 is 2.99. The zero-order valence-corrected chi connectivity index (χ0v) is 12.9. The van der Waals surface area contributed by atoms with E-state index >= 15 is 0 Å². The summed E-state index contributed by atoms with van der Waals surface area (Å²) in [5, 5.41) is 2.64. The molecule has 1 aromatic rings. The van der Waals surface area contributed by atoms with E-state index in [0.717, 1.165) is 12.6 Å². The summed E-state index contributed by atoms with van der Waals surface area (Å²) < 4.78 is 44.0. The summed E-state index contributed by atoms with van der Waals surface area (Å²) in [6.07, 6.45) is -3.12. The van der Waals surface area contributed by atoms with Gasteiger partial charge >= 0.3 is 6.18 Å². The van der Waals surface area contributed by atoms with E-state index in [-0.39, 0.29) is 16.8 Å². The van der Waals surface area contributed by atoms with Crippen molar-refractivity contribution in [1.29, 1.82) is 0 Å². The van der Waals surface area contributed by atoms with Crippen LogP contribution >= 0.6 is 15.9 Å². The molecule has 1 aromatic heterocycles. The number of likely N-dealkylation sites (N-methyl/N-ethyl adjacent to an activating group) is 1. The zero-order valence-electron chi connectivity index (χ0n) is 11.3. The summed E-state index contributed by atoms with van der Waals surface area (Å²) in [5.41, 5.74) is -0.792. The molecule has 4 nitrogen and oxygen atoms in total. The van der Waals surface area contributed by atoms with Crippen LogP contribution in [0.1, 0.15) is 5.56 Å². The molecule has 0 aromatic carbocycles. The average molecular weight is 356 g/mol. The molecule has 0 fully saturated rings. The standard InChI is InChI=1S/C12H17BrF3N3O/c1-19(2)4-6-20-5-3-17-11-10(12(14,15)16)7-9(13)8-18-11/h7-8H,3-6H2,1-2H3,(H,17,18). The Bertz CT molecular complexity index is 427. The number of pyridine rings is 1. The number of nitrogens with one attached hydrogen (secondary N) is 1. The predicted octanol–water partition coefficient (Wildman–Crippen LogP) is 2.85. The number of nitrogens with zero attached hydrogens (tertiary/aromatic N) is 2. The third kappa shape index (κ3) is 6.06. The predicted molar refractivity (Wildman–Crippen MR) is 74.8 cm³/mol. The molecule has 0 aliphatic heterocycles. The quantitative estimate of drug-likeness (QED) is 0.763. The minimum absolute atomic E-state index is 0.183. The second-order valence-corrected chi connectivity index (χ2v) is 5.31. The Kier molecular flexibility index (Phi) is 6.70. The highest BCUT2D eigenvalue weighted by Crippen LogP contribution is 2.35. The van der Waals surface area contributed by atoms with Crippen molar-refractivity contribution in [1.82, 2.24) is 9.88 Å². The van der Waals surface area contributed by atoms with Crippen LogP contribution in [0.25, 0.3) is 0 Å². The number of hydrogen-bond donors (Lipinski definition) is 1. The zero-order chi connectivity index (χ0) is 15.2. The van der Waals surface area contributed by atoms with Gasteiger partial charge in [-0.25, -0.2) is 4.98 Å². The molecule has 8 heteroatoms. The molecule has 0 amide bonds.